The van der Waals surface area contributed by atoms with Crippen LogP contribution in [0.1, 0.15) is 69.4 Å². The van der Waals surface area contributed by atoms with Gasteiger partial charge in [-0.25, -0.2) is 0 Å². The molecule has 0 amide bonds. The van der Waals surface area contributed by atoms with Crippen molar-refractivity contribution in [1.82, 2.24) is 0 Å². The Labute approximate surface area is 119 Å². The SMILES string of the molecule is CCCCCCCCCCOc1cc(C)ccc1C. The average Bonchev–Trinajstić information content (AvgIpc) is 2.40. The third-order valence-corrected chi connectivity index (χ3v) is 3.60. The monoisotopic (exact) mass is 262 g/mol. The van der Waals surface area contributed by atoms with E-state index >= 15 is 0 Å². The van der Waals surface area contributed by atoms with Crippen LogP contribution in [0, 0.1) is 13.8 Å². The molecule has 0 aliphatic carbocycles. The second-order valence-electron chi connectivity index (χ2n) is 5.59. The van der Waals surface area contributed by atoms with Crippen LogP contribution in [-0.2, 0) is 0 Å². The van der Waals surface area contributed by atoms with Gasteiger partial charge >= 0.3 is 0 Å². The molecule has 0 heterocycles. The van der Waals surface area contributed by atoms with Crippen LogP contribution in [0.25, 0.3) is 0 Å². The van der Waals surface area contributed by atoms with Crippen LogP contribution in [0.2, 0.25) is 0 Å². The Morgan fingerprint density at radius 2 is 1.47 bits per heavy atom. The fraction of sp³-hybridized carbons (Fsp3) is 0.667. The first-order valence-electron chi connectivity index (χ1n) is 7.94. The summed E-state index contributed by atoms with van der Waals surface area (Å²) in [6.07, 6.45) is 10.8. The molecule has 1 aromatic carbocycles. The summed E-state index contributed by atoms with van der Waals surface area (Å²) in [6, 6.07) is 6.41. The van der Waals surface area contributed by atoms with Crippen molar-refractivity contribution in [3.05, 3.63) is 29.3 Å². The van der Waals surface area contributed by atoms with Gasteiger partial charge in [0.15, 0.2) is 0 Å². The maximum absolute atomic E-state index is 5.86. The number of benzene rings is 1. The Bertz CT molecular complexity index is 344. The largest absolute Gasteiger partial charge is 0.493 e. The highest BCUT2D eigenvalue weighted by Gasteiger charge is 1.99. The number of ether oxygens (including phenoxy) is 1. The second kappa shape index (κ2) is 9.89. The minimum Gasteiger partial charge on any atom is -0.493 e. The standard InChI is InChI=1S/C18H30O/c1-4-5-6-7-8-9-10-11-14-19-18-15-16(2)12-13-17(18)3/h12-13,15H,4-11,14H2,1-3H3. The Balaban J connectivity index is 2.03. The predicted octanol–water partition coefficient (Wildman–Crippen LogP) is 5.82. The lowest BCUT2D eigenvalue weighted by atomic mass is 10.1. The molecule has 1 rings (SSSR count). The fourth-order valence-electron chi connectivity index (χ4n) is 2.28. The van der Waals surface area contributed by atoms with E-state index in [4.69, 9.17) is 4.74 Å². The molecule has 1 aromatic rings. The Morgan fingerprint density at radius 1 is 0.842 bits per heavy atom. The first-order valence-corrected chi connectivity index (χ1v) is 7.94. The Kier molecular flexibility index (Phi) is 8.36. The first kappa shape index (κ1) is 16.1. The van der Waals surface area contributed by atoms with E-state index in [2.05, 4.69) is 39.0 Å². The zero-order chi connectivity index (χ0) is 13.9. The molecule has 0 atom stereocenters. The van der Waals surface area contributed by atoms with Crippen LogP contribution in [0.4, 0.5) is 0 Å². The van der Waals surface area contributed by atoms with Gasteiger partial charge in [0, 0.05) is 0 Å². The van der Waals surface area contributed by atoms with E-state index in [0.29, 0.717) is 0 Å². The summed E-state index contributed by atoms with van der Waals surface area (Å²) in [5.41, 5.74) is 2.52. The summed E-state index contributed by atoms with van der Waals surface area (Å²) in [5.74, 6) is 1.06. The molecule has 0 aliphatic rings. The van der Waals surface area contributed by atoms with Gasteiger partial charge in [0.25, 0.3) is 0 Å². The molecular weight excluding hydrogens is 232 g/mol. The smallest absolute Gasteiger partial charge is 0.122 e. The van der Waals surface area contributed by atoms with E-state index in [-0.39, 0.29) is 0 Å². The zero-order valence-corrected chi connectivity index (χ0v) is 13.0. The van der Waals surface area contributed by atoms with Crippen molar-refractivity contribution in [2.24, 2.45) is 0 Å². The van der Waals surface area contributed by atoms with E-state index in [1.165, 1.54) is 62.5 Å². The van der Waals surface area contributed by atoms with Gasteiger partial charge in [0.1, 0.15) is 5.75 Å². The molecule has 1 nitrogen and oxygen atoms in total. The molecule has 0 unspecified atom stereocenters. The van der Waals surface area contributed by atoms with Crippen LogP contribution >= 0.6 is 0 Å². The van der Waals surface area contributed by atoms with Crippen LogP contribution in [0.3, 0.4) is 0 Å². The molecule has 19 heavy (non-hydrogen) atoms. The maximum atomic E-state index is 5.86. The van der Waals surface area contributed by atoms with Gasteiger partial charge in [-0.3, -0.25) is 0 Å². The van der Waals surface area contributed by atoms with E-state index in [9.17, 15) is 0 Å². The number of aryl methyl sites for hydroxylation is 2. The summed E-state index contributed by atoms with van der Waals surface area (Å²) in [5, 5.41) is 0. The number of hydrogen-bond donors (Lipinski definition) is 0. The zero-order valence-electron chi connectivity index (χ0n) is 13.0. The molecular formula is C18H30O. The molecule has 0 spiro atoms. The average molecular weight is 262 g/mol. The summed E-state index contributed by atoms with van der Waals surface area (Å²) < 4.78 is 5.86. The topological polar surface area (TPSA) is 9.23 Å². The van der Waals surface area contributed by atoms with Crippen molar-refractivity contribution in [2.45, 2.75) is 72.1 Å². The van der Waals surface area contributed by atoms with E-state index < -0.39 is 0 Å². The quantitative estimate of drug-likeness (QED) is 0.482. The molecule has 1 heteroatoms. The van der Waals surface area contributed by atoms with Crippen LogP contribution in [0.5, 0.6) is 5.75 Å². The second-order valence-corrected chi connectivity index (χ2v) is 5.59. The fourth-order valence-corrected chi connectivity index (χ4v) is 2.28. The van der Waals surface area contributed by atoms with Gasteiger partial charge in [-0.15, -0.1) is 0 Å². The van der Waals surface area contributed by atoms with Crippen molar-refractivity contribution < 1.29 is 4.74 Å². The molecule has 0 aliphatic heterocycles. The van der Waals surface area contributed by atoms with E-state index in [1.54, 1.807) is 0 Å². The van der Waals surface area contributed by atoms with Gasteiger partial charge in [-0.2, -0.15) is 0 Å². The lowest BCUT2D eigenvalue weighted by molar-refractivity contribution is 0.302. The van der Waals surface area contributed by atoms with Crippen LogP contribution in [-0.4, -0.2) is 6.61 Å². The maximum Gasteiger partial charge on any atom is 0.122 e. The lowest BCUT2D eigenvalue weighted by Gasteiger charge is -2.09. The third-order valence-electron chi connectivity index (χ3n) is 3.60. The lowest BCUT2D eigenvalue weighted by Crippen LogP contribution is -1.99. The minimum absolute atomic E-state index is 0.860. The van der Waals surface area contributed by atoms with Crippen LogP contribution in [0.15, 0.2) is 18.2 Å². The molecule has 0 fully saturated rings. The van der Waals surface area contributed by atoms with Crippen molar-refractivity contribution in [1.29, 1.82) is 0 Å². The molecule has 0 aromatic heterocycles. The molecule has 108 valence electrons. The highest BCUT2D eigenvalue weighted by atomic mass is 16.5. The third kappa shape index (κ3) is 7.25. The molecule has 0 N–H and O–H groups in total. The van der Waals surface area contributed by atoms with Crippen molar-refractivity contribution in [3.63, 3.8) is 0 Å². The highest BCUT2D eigenvalue weighted by Crippen LogP contribution is 2.19. The van der Waals surface area contributed by atoms with Gasteiger partial charge in [-0.05, 0) is 37.5 Å². The van der Waals surface area contributed by atoms with Crippen molar-refractivity contribution >= 4 is 0 Å². The highest BCUT2D eigenvalue weighted by molar-refractivity contribution is 5.35. The Hall–Kier alpha value is -0.980. The summed E-state index contributed by atoms with van der Waals surface area (Å²) in [4.78, 5) is 0. The number of hydrogen-bond acceptors (Lipinski definition) is 1. The normalized spacial score (nSPS) is 10.7. The molecule has 0 saturated carbocycles. The van der Waals surface area contributed by atoms with Gasteiger partial charge in [0.2, 0.25) is 0 Å². The predicted molar refractivity (Wildman–Crippen MR) is 84.0 cm³/mol. The van der Waals surface area contributed by atoms with Crippen molar-refractivity contribution in [2.75, 3.05) is 6.61 Å². The summed E-state index contributed by atoms with van der Waals surface area (Å²) >= 11 is 0. The molecule has 0 saturated heterocycles. The molecule has 0 radical (unpaired) electrons. The van der Waals surface area contributed by atoms with Gasteiger partial charge in [0.05, 0.1) is 6.61 Å². The van der Waals surface area contributed by atoms with Gasteiger partial charge < -0.3 is 4.74 Å². The number of unbranched alkanes of at least 4 members (excludes halogenated alkanes) is 7. The van der Waals surface area contributed by atoms with Crippen molar-refractivity contribution in [3.8, 4) is 5.75 Å². The molecule has 0 bridgehead atoms. The van der Waals surface area contributed by atoms with Gasteiger partial charge in [-0.1, -0.05) is 64.0 Å². The minimum atomic E-state index is 0.860. The van der Waals surface area contributed by atoms with Crippen LogP contribution < -0.4 is 4.74 Å². The first-order chi connectivity index (χ1) is 9.24. The summed E-state index contributed by atoms with van der Waals surface area (Å²) in [7, 11) is 0. The van der Waals surface area contributed by atoms with E-state index in [1.807, 2.05) is 0 Å². The number of rotatable bonds is 10. The Morgan fingerprint density at radius 3 is 2.16 bits per heavy atom. The summed E-state index contributed by atoms with van der Waals surface area (Å²) in [6.45, 7) is 7.36. The van der Waals surface area contributed by atoms with E-state index in [0.717, 1.165) is 12.4 Å².